The lowest BCUT2D eigenvalue weighted by Gasteiger charge is -2.26. The quantitative estimate of drug-likeness (QED) is 0.188. The minimum absolute atomic E-state index is 0.645. The van der Waals surface area contributed by atoms with Gasteiger partial charge in [-0.05, 0) is 72.8 Å². The van der Waals surface area contributed by atoms with Gasteiger partial charge in [-0.1, -0.05) is 72.8 Å². The Labute approximate surface area is 287 Å². The van der Waals surface area contributed by atoms with Crippen molar-refractivity contribution in [1.29, 1.82) is 0 Å². The van der Waals surface area contributed by atoms with Crippen LogP contribution in [-0.4, -0.2) is 4.98 Å². The minimum atomic E-state index is 0.645. The number of benzene rings is 7. The van der Waals surface area contributed by atoms with Gasteiger partial charge in [0, 0.05) is 62.7 Å². The molecule has 0 saturated heterocycles. The van der Waals surface area contributed by atoms with E-state index in [1.54, 1.807) is 11.3 Å². The van der Waals surface area contributed by atoms with E-state index in [-0.39, 0.29) is 0 Å². The van der Waals surface area contributed by atoms with Crippen molar-refractivity contribution in [3.05, 3.63) is 146 Å². The Bertz CT molecular complexity index is 3080. The predicted octanol–water partition coefficient (Wildman–Crippen LogP) is 13.6. The second-order valence-electron chi connectivity index (χ2n) is 12.3. The maximum Gasteiger partial charge on any atom is 0.227 e. The highest BCUT2D eigenvalue weighted by atomic mass is 32.1. The fourth-order valence-electron chi connectivity index (χ4n) is 7.25. The van der Waals surface area contributed by atoms with E-state index in [2.05, 4.69) is 108 Å². The van der Waals surface area contributed by atoms with E-state index < -0.39 is 0 Å². The number of oxazole rings is 1. The number of para-hydroxylation sites is 1. The molecule has 0 fully saturated rings. The van der Waals surface area contributed by atoms with E-state index in [0.717, 1.165) is 55.7 Å². The van der Waals surface area contributed by atoms with Crippen LogP contribution in [0.1, 0.15) is 0 Å². The molecule has 0 aliphatic heterocycles. The molecule has 11 rings (SSSR count). The minimum Gasteiger partial charge on any atom is -0.456 e. The molecule has 0 N–H and O–H groups in total. The van der Waals surface area contributed by atoms with Crippen LogP contribution in [0.4, 0.5) is 17.1 Å². The summed E-state index contributed by atoms with van der Waals surface area (Å²) in [5, 5.41) is 7.17. The average Bonchev–Trinajstić information content (AvgIpc) is 3.91. The molecule has 49 heavy (non-hydrogen) atoms. The normalized spacial score (nSPS) is 12.1. The Morgan fingerprint density at radius 1 is 0.449 bits per heavy atom. The third-order valence-corrected chi connectivity index (χ3v) is 11.7. The van der Waals surface area contributed by atoms with Crippen LogP contribution < -0.4 is 4.90 Å². The van der Waals surface area contributed by atoms with E-state index in [1.807, 2.05) is 53.8 Å². The zero-order valence-electron chi connectivity index (χ0n) is 25.9. The Hall–Kier alpha value is -5.95. The molecule has 0 aliphatic rings. The van der Waals surface area contributed by atoms with Gasteiger partial charge < -0.3 is 13.7 Å². The molecule has 0 unspecified atom stereocenters. The summed E-state index contributed by atoms with van der Waals surface area (Å²) in [4.78, 5) is 7.23. The Morgan fingerprint density at radius 2 is 1.10 bits per heavy atom. The van der Waals surface area contributed by atoms with Crippen molar-refractivity contribution >= 4 is 113 Å². The van der Waals surface area contributed by atoms with Crippen LogP contribution in [0.5, 0.6) is 0 Å². The number of hydrogen-bond acceptors (Lipinski definition) is 6. The van der Waals surface area contributed by atoms with E-state index >= 15 is 0 Å². The first kappa shape index (κ1) is 27.0. The fourth-order valence-corrected chi connectivity index (χ4v) is 9.55. The molecular formula is C43H24N2O2S2. The summed E-state index contributed by atoms with van der Waals surface area (Å²) in [5.41, 5.74) is 7.68. The largest absolute Gasteiger partial charge is 0.456 e. The van der Waals surface area contributed by atoms with Gasteiger partial charge in [0.2, 0.25) is 5.89 Å². The smallest absolute Gasteiger partial charge is 0.227 e. The molecule has 230 valence electrons. The molecule has 0 atom stereocenters. The first-order valence-electron chi connectivity index (χ1n) is 16.2. The first-order valence-corrected chi connectivity index (χ1v) is 17.8. The Morgan fingerprint density at radius 3 is 1.94 bits per heavy atom. The van der Waals surface area contributed by atoms with Gasteiger partial charge in [-0.25, -0.2) is 4.98 Å². The van der Waals surface area contributed by atoms with Crippen molar-refractivity contribution in [2.75, 3.05) is 4.90 Å². The zero-order valence-corrected chi connectivity index (χ0v) is 27.5. The van der Waals surface area contributed by atoms with Crippen LogP contribution in [0.3, 0.4) is 0 Å². The number of hydrogen-bond donors (Lipinski definition) is 0. The summed E-state index contributed by atoms with van der Waals surface area (Å²) < 4.78 is 17.6. The number of furan rings is 1. The molecule has 4 nitrogen and oxygen atoms in total. The van der Waals surface area contributed by atoms with Crippen molar-refractivity contribution in [2.24, 2.45) is 0 Å². The molecule has 0 amide bonds. The fraction of sp³-hybridized carbons (Fsp3) is 0. The monoisotopic (exact) mass is 664 g/mol. The number of aromatic nitrogens is 1. The highest BCUT2D eigenvalue weighted by molar-refractivity contribution is 7.26. The van der Waals surface area contributed by atoms with Crippen molar-refractivity contribution in [1.82, 2.24) is 4.98 Å². The highest BCUT2D eigenvalue weighted by Gasteiger charge is 2.21. The number of nitrogens with zero attached hydrogens (tertiary/aromatic N) is 2. The summed E-state index contributed by atoms with van der Waals surface area (Å²) in [7, 11) is 0. The van der Waals surface area contributed by atoms with Crippen LogP contribution in [0, 0.1) is 0 Å². The van der Waals surface area contributed by atoms with Crippen LogP contribution in [0.25, 0.3) is 84.8 Å². The molecule has 0 bridgehead atoms. The summed E-state index contributed by atoms with van der Waals surface area (Å²) in [6, 6.07) is 51.4. The molecule has 6 heteroatoms. The summed E-state index contributed by atoms with van der Waals surface area (Å²) in [5.74, 6) is 0.645. The summed E-state index contributed by atoms with van der Waals surface area (Å²) >= 11 is 3.63. The summed E-state index contributed by atoms with van der Waals surface area (Å²) in [6.07, 6.45) is 0. The van der Waals surface area contributed by atoms with Gasteiger partial charge in [-0.15, -0.1) is 22.7 Å². The van der Waals surface area contributed by atoms with Gasteiger partial charge in [0.05, 0.1) is 11.1 Å². The number of anilines is 3. The van der Waals surface area contributed by atoms with Crippen molar-refractivity contribution in [3.8, 4) is 11.5 Å². The lowest BCUT2D eigenvalue weighted by molar-refractivity contribution is 0.620. The van der Waals surface area contributed by atoms with Crippen LogP contribution in [-0.2, 0) is 0 Å². The van der Waals surface area contributed by atoms with E-state index in [1.165, 1.54) is 40.3 Å². The summed E-state index contributed by atoms with van der Waals surface area (Å²) in [6.45, 7) is 0. The van der Waals surface area contributed by atoms with Gasteiger partial charge in [-0.3, -0.25) is 0 Å². The molecule has 0 saturated carbocycles. The molecular weight excluding hydrogens is 641 g/mol. The van der Waals surface area contributed by atoms with Gasteiger partial charge >= 0.3 is 0 Å². The Kier molecular flexibility index (Phi) is 5.67. The number of fused-ring (bicyclic) bond motifs is 10. The molecule has 4 aromatic heterocycles. The molecule has 0 spiro atoms. The maximum absolute atomic E-state index is 6.36. The van der Waals surface area contributed by atoms with Crippen LogP contribution >= 0.6 is 22.7 Å². The topological polar surface area (TPSA) is 42.4 Å². The van der Waals surface area contributed by atoms with E-state index in [9.17, 15) is 0 Å². The molecule has 4 heterocycles. The van der Waals surface area contributed by atoms with E-state index in [0.29, 0.717) is 5.89 Å². The third kappa shape index (κ3) is 4.11. The second-order valence-corrected chi connectivity index (χ2v) is 14.5. The van der Waals surface area contributed by atoms with Crippen molar-refractivity contribution in [2.45, 2.75) is 0 Å². The van der Waals surface area contributed by atoms with Crippen molar-refractivity contribution in [3.63, 3.8) is 0 Å². The lowest BCUT2D eigenvalue weighted by atomic mass is 10.1. The van der Waals surface area contributed by atoms with Crippen LogP contribution in [0.15, 0.2) is 154 Å². The van der Waals surface area contributed by atoms with Crippen molar-refractivity contribution < 1.29 is 8.83 Å². The van der Waals surface area contributed by atoms with Gasteiger partial charge in [0.25, 0.3) is 0 Å². The van der Waals surface area contributed by atoms with Gasteiger partial charge in [0.15, 0.2) is 5.58 Å². The highest BCUT2D eigenvalue weighted by Crippen LogP contribution is 2.47. The predicted molar refractivity (Wildman–Crippen MR) is 207 cm³/mol. The SMILES string of the molecule is c1ccc(-c2nc3cc4sc5cc(N(c6ccc7c(c6)sc6ccccc67)c6cccc7oc8ccccc8c67)ccc5c4cc3o2)cc1. The first-order chi connectivity index (χ1) is 24.2. The van der Waals surface area contributed by atoms with Gasteiger partial charge in [-0.2, -0.15) is 0 Å². The maximum atomic E-state index is 6.36. The molecule has 11 aromatic rings. The number of rotatable bonds is 4. The molecule has 7 aromatic carbocycles. The molecule has 0 radical (unpaired) electrons. The number of thiophene rings is 2. The zero-order chi connectivity index (χ0) is 32.1. The average molecular weight is 665 g/mol. The second kappa shape index (κ2) is 10.3. The Balaban J connectivity index is 1.12. The van der Waals surface area contributed by atoms with Gasteiger partial charge in [0.1, 0.15) is 16.7 Å². The third-order valence-electron chi connectivity index (χ3n) is 9.49. The van der Waals surface area contributed by atoms with E-state index in [4.69, 9.17) is 13.8 Å². The lowest BCUT2D eigenvalue weighted by Crippen LogP contribution is -2.10. The standard InChI is InChI=1S/C43H24N2O2S2/c1-2-9-25(10-3-1)43-44-33-24-41-32(23-37(33)47-43)30-20-18-27(22-40(30)49-41)45(26-17-19-29-28-11-5-7-16-38(28)48-39(29)21-26)34-13-8-15-36-42(34)31-12-4-6-14-35(31)46-36/h1-24H. The molecule has 0 aliphatic carbocycles. The van der Waals surface area contributed by atoms with Crippen LogP contribution in [0.2, 0.25) is 0 Å².